The van der Waals surface area contributed by atoms with E-state index in [0.717, 1.165) is 5.69 Å². The monoisotopic (exact) mass is 259 g/mol. The maximum Gasteiger partial charge on any atom is 0.372 e. The summed E-state index contributed by atoms with van der Waals surface area (Å²) in [5.41, 5.74) is 2.02. The van der Waals surface area contributed by atoms with Crippen molar-refractivity contribution >= 4 is 17.4 Å². The first kappa shape index (κ1) is 12.9. The van der Waals surface area contributed by atoms with Crippen LogP contribution in [0.3, 0.4) is 0 Å². The van der Waals surface area contributed by atoms with Crippen LogP contribution in [-0.4, -0.2) is 16.9 Å². The van der Waals surface area contributed by atoms with Crippen LogP contribution in [0.5, 0.6) is 0 Å². The predicted molar refractivity (Wildman–Crippen MR) is 69.4 cm³/mol. The van der Waals surface area contributed by atoms with Gasteiger partial charge in [-0.25, -0.2) is 4.79 Å². The highest BCUT2D eigenvalue weighted by atomic mass is 16.4. The lowest BCUT2D eigenvalue weighted by Crippen LogP contribution is -2.04. The Morgan fingerprint density at radius 2 is 1.89 bits per heavy atom. The topological polar surface area (TPSA) is 79.5 Å². The van der Waals surface area contributed by atoms with Crippen molar-refractivity contribution in [1.82, 2.24) is 0 Å². The fourth-order valence-corrected chi connectivity index (χ4v) is 1.68. The molecular weight excluding hydrogens is 246 g/mol. The van der Waals surface area contributed by atoms with Crippen LogP contribution in [0, 0.1) is 0 Å². The van der Waals surface area contributed by atoms with Crippen LogP contribution < -0.4 is 5.32 Å². The lowest BCUT2D eigenvalue weighted by Gasteiger charge is -2.06. The molecule has 1 heterocycles. The molecule has 2 N–H and O–H groups in total. The molecule has 0 atom stereocenters. The second-order valence-corrected chi connectivity index (χ2v) is 4.07. The van der Waals surface area contributed by atoms with Gasteiger partial charge in [0.2, 0.25) is 5.76 Å². The van der Waals surface area contributed by atoms with E-state index >= 15 is 0 Å². The van der Waals surface area contributed by atoms with Gasteiger partial charge in [-0.15, -0.1) is 0 Å². The lowest BCUT2D eigenvalue weighted by atomic mass is 10.1. The number of benzene rings is 1. The van der Waals surface area contributed by atoms with Crippen molar-refractivity contribution in [3.8, 4) is 0 Å². The molecule has 98 valence electrons. The number of hydrogen-bond donors (Lipinski definition) is 2. The number of carbonyl (C=O) groups is 2. The normalized spacial score (nSPS) is 10.2. The van der Waals surface area contributed by atoms with Gasteiger partial charge in [0.05, 0.1) is 6.26 Å². The summed E-state index contributed by atoms with van der Waals surface area (Å²) in [5.74, 6) is -1.14. The average Bonchev–Trinajstić information content (AvgIpc) is 2.85. The molecule has 5 heteroatoms. The number of anilines is 1. The van der Waals surface area contributed by atoms with E-state index in [1.807, 2.05) is 0 Å². The first-order chi connectivity index (χ1) is 9.08. The molecule has 0 aliphatic heterocycles. The maximum absolute atomic E-state index is 11.1. The zero-order valence-corrected chi connectivity index (χ0v) is 10.3. The number of aromatic carboxylic acids is 1. The van der Waals surface area contributed by atoms with Gasteiger partial charge in [-0.05, 0) is 37.3 Å². The van der Waals surface area contributed by atoms with E-state index in [9.17, 15) is 9.59 Å². The summed E-state index contributed by atoms with van der Waals surface area (Å²) in [6.45, 7) is 1.85. The summed E-state index contributed by atoms with van der Waals surface area (Å²) in [6.07, 6.45) is 1.35. The molecule has 0 radical (unpaired) electrons. The van der Waals surface area contributed by atoms with Crippen molar-refractivity contribution in [2.45, 2.75) is 13.5 Å². The summed E-state index contributed by atoms with van der Waals surface area (Å²) in [7, 11) is 0. The first-order valence-electron chi connectivity index (χ1n) is 5.72. The second-order valence-electron chi connectivity index (χ2n) is 4.07. The molecule has 0 fully saturated rings. The van der Waals surface area contributed by atoms with Crippen LogP contribution in [0.15, 0.2) is 41.0 Å². The highest BCUT2D eigenvalue weighted by Crippen LogP contribution is 2.15. The molecule has 2 rings (SSSR count). The molecule has 0 unspecified atom stereocenters. The highest BCUT2D eigenvalue weighted by Gasteiger charge is 2.13. The average molecular weight is 259 g/mol. The minimum Gasteiger partial charge on any atom is -0.475 e. The summed E-state index contributed by atoms with van der Waals surface area (Å²) >= 11 is 0. The SMILES string of the molecule is CC(=O)c1ccc(NCc2ccoc2C(=O)O)cc1. The van der Waals surface area contributed by atoms with Crippen LogP contribution in [-0.2, 0) is 6.54 Å². The second kappa shape index (κ2) is 5.39. The van der Waals surface area contributed by atoms with Crippen LogP contribution in [0.4, 0.5) is 5.69 Å². The third kappa shape index (κ3) is 3.01. The molecule has 0 aliphatic carbocycles. The highest BCUT2D eigenvalue weighted by molar-refractivity contribution is 5.94. The maximum atomic E-state index is 11.1. The number of furan rings is 1. The molecule has 1 aromatic heterocycles. The van der Waals surface area contributed by atoms with E-state index in [1.165, 1.54) is 13.2 Å². The van der Waals surface area contributed by atoms with Gasteiger partial charge in [-0.2, -0.15) is 0 Å². The quantitative estimate of drug-likeness (QED) is 0.807. The van der Waals surface area contributed by atoms with E-state index in [-0.39, 0.29) is 11.5 Å². The molecule has 1 aromatic carbocycles. The van der Waals surface area contributed by atoms with Gasteiger partial charge in [0.25, 0.3) is 0 Å². The Balaban J connectivity index is 2.04. The van der Waals surface area contributed by atoms with E-state index in [1.54, 1.807) is 30.3 Å². The number of Topliss-reactive ketones (excluding diaryl/α,β-unsaturated/α-hetero) is 1. The summed E-state index contributed by atoms with van der Waals surface area (Å²) < 4.78 is 4.88. The molecule has 0 spiro atoms. The molecule has 0 bridgehead atoms. The fourth-order valence-electron chi connectivity index (χ4n) is 1.68. The van der Waals surface area contributed by atoms with Crippen LogP contribution in [0.25, 0.3) is 0 Å². The van der Waals surface area contributed by atoms with Gasteiger partial charge >= 0.3 is 5.97 Å². The van der Waals surface area contributed by atoms with Crippen molar-refractivity contribution in [3.63, 3.8) is 0 Å². The number of hydrogen-bond acceptors (Lipinski definition) is 4. The molecule has 19 heavy (non-hydrogen) atoms. The van der Waals surface area contributed by atoms with Gasteiger partial charge in [-0.3, -0.25) is 4.79 Å². The third-order valence-electron chi connectivity index (χ3n) is 2.72. The number of nitrogens with one attached hydrogen (secondary N) is 1. The zero-order valence-electron chi connectivity index (χ0n) is 10.3. The van der Waals surface area contributed by atoms with Crippen LogP contribution in [0.1, 0.15) is 33.4 Å². The Bertz CT molecular complexity index is 598. The number of carboxylic acids is 1. The first-order valence-corrected chi connectivity index (χ1v) is 5.72. The van der Waals surface area contributed by atoms with Gasteiger partial charge in [-0.1, -0.05) is 0 Å². The molecule has 0 aliphatic rings. The Morgan fingerprint density at radius 1 is 1.21 bits per heavy atom. The van der Waals surface area contributed by atoms with Crippen molar-refractivity contribution in [3.05, 3.63) is 53.5 Å². The molecule has 0 saturated heterocycles. The van der Waals surface area contributed by atoms with Gasteiger partial charge in [0.1, 0.15) is 0 Å². The largest absolute Gasteiger partial charge is 0.475 e. The third-order valence-corrected chi connectivity index (χ3v) is 2.72. The van der Waals surface area contributed by atoms with Crippen LogP contribution in [0.2, 0.25) is 0 Å². The molecule has 5 nitrogen and oxygen atoms in total. The fraction of sp³-hybridized carbons (Fsp3) is 0.143. The summed E-state index contributed by atoms with van der Waals surface area (Å²) in [5, 5.41) is 12.0. The van der Waals surface area contributed by atoms with Crippen molar-refractivity contribution < 1.29 is 19.1 Å². The smallest absolute Gasteiger partial charge is 0.372 e. The van der Waals surface area contributed by atoms with Crippen molar-refractivity contribution in [2.75, 3.05) is 5.32 Å². The lowest BCUT2D eigenvalue weighted by molar-refractivity contribution is 0.0660. The Labute approximate surface area is 109 Å². The van der Waals surface area contributed by atoms with E-state index in [4.69, 9.17) is 9.52 Å². The van der Waals surface area contributed by atoms with E-state index in [2.05, 4.69) is 5.32 Å². The van der Waals surface area contributed by atoms with Crippen molar-refractivity contribution in [1.29, 1.82) is 0 Å². The molecular formula is C14H13NO4. The van der Waals surface area contributed by atoms with E-state index < -0.39 is 5.97 Å². The number of rotatable bonds is 5. The van der Waals surface area contributed by atoms with Crippen LogP contribution >= 0.6 is 0 Å². The van der Waals surface area contributed by atoms with Gasteiger partial charge in [0, 0.05) is 23.4 Å². The van der Waals surface area contributed by atoms with E-state index in [0.29, 0.717) is 17.7 Å². The summed E-state index contributed by atoms with van der Waals surface area (Å²) in [4.78, 5) is 22.0. The Kier molecular flexibility index (Phi) is 3.66. The summed E-state index contributed by atoms with van der Waals surface area (Å²) in [6, 6.07) is 8.60. The zero-order chi connectivity index (χ0) is 13.8. The number of carboxylic acid groups (broad SMARTS) is 1. The van der Waals surface area contributed by atoms with Gasteiger partial charge < -0.3 is 14.8 Å². The van der Waals surface area contributed by atoms with Crippen molar-refractivity contribution in [2.24, 2.45) is 0 Å². The molecule has 2 aromatic rings. The number of ketones is 1. The minimum atomic E-state index is -1.09. The van der Waals surface area contributed by atoms with Gasteiger partial charge in [0.15, 0.2) is 5.78 Å². The minimum absolute atomic E-state index is 0.00884. The number of carbonyl (C=O) groups excluding carboxylic acids is 1. The standard InChI is InChI=1S/C14H13NO4/c1-9(16)10-2-4-12(5-3-10)15-8-11-6-7-19-13(11)14(17)18/h2-7,15H,8H2,1H3,(H,17,18). The Morgan fingerprint density at radius 3 is 2.47 bits per heavy atom. The molecule has 0 amide bonds. The predicted octanol–water partition coefficient (Wildman–Crippen LogP) is 2.79. The molecule has 0 saturated carbocycles. The Hall–Kier alpha value is -2.56.